The minimum absolute atomic E-state index is 0.151. The number of nitrogens with two attached hydrogens (primary N) is 1. The number of pyridine rings is 1. The molecule has 1 amide bonds. The van der Waals surface area contributed by atoms with Crippen molar-refractivity contribution in [3.63, 3.8) is 0 Å². The molecule has 14 heteroatoms. The van der Waals surface area contributed by atoms with E-state index in [0.717, 1.165) is 16.6 Å². The summed E-state index contributed by atoms with van der Waals surface area (Å²) < 4.78 is 35.5. The van der Waals surface area contributed by atoms with Crippen LogP contribution in [0.4, 0.5) is 0 Å². The molecule has 13 nitrogen and oxygen atoms in total. The second kappa shape index (κ2) is 8.47. The number of ether oxygens (including phenoxy) is 1. The second-order valence-corrected chi connectivity index (χ2v) is 8.32. The number of rotatable bonds is 6. The molecule has 2 aliphatic rings. The first kappa shape index (κ1) is 21.0. The van der Waals surface area contributed by atoms with Gasteiger partial charge in [-0.15, -0.1) is 5.10 Å². The fourth-order valence-corrected chi connectivity index (χ4v) is 4.54. The maximum atomic E-state index is 12.8. The summed E-state index contributed by atoms with van der Waals surface area (Å²) in [5.41, 5.74) is 5.88. The second-order valence-electron chi connectivity index (χ2n) is 6.70. The van der Waals surface area contributed by atoms with Gasteiger partial charge in [0.15, 0.2) is 6.23 Å². The topological polar surface area (TPSA) is 181 Å². The predicted octanol–water partition coefficient (Wildman–Crippen LogP) is -0.306. The third kappa shape index (κ3) is 4.27. The van der Waals surface area contributed by atoms with Gasteiger partial charge in [-0.05, 0) is 17.7 Å². The molecule has 2 saturated heterocycles. The van der Waals surface area contributed by atoms with Crippen LogP contribution in [0.1, 0.15) is 34.9 Å². The maximum absolute atomic E-state index is 12.8. The van der Waals surface area contributed by atoms with Crippen molar-refractivity contribution in [1.29, 1.82) is 0 Å². The Bertz CT molecular complexity index is 943. The van der Waals surface area contributed by atoms with Crippen molar-refractivity contribution in [2.75, 3.05) is 13.2 Å². The summed E-state index contributed by atoms with van der Waals surface area (Å²) in [5.74, 6) is -1.12. The van der Waals surface area contributed by atoms with Gasteiger partial charge in [0, 0.05) is 18.8 Å². The van der Waals surface area contributed by atoms with Gasteiger partial charge in [-0.3, -0.25) is 23.3 Å². The minimum Gasteiger partial charge on any atom is -0.387 e. The molecule has 0 spiro atoms. The van der Waals surface area contributed by atoms with Crippen LogP contribution in [0.3, 0.4) is 0 Å². The third-order valence-electron chi connectivity index (χ3n) is 4.69. The number of phosphoric acid groups is 1. The van der Waals surface area contributed by atoms with Gasteiger partial charge in [0.25, 0.3) is 5.91 Å². The van der Waals surface area contributed by atoms with Crippen LogP contribution >= 0.6 is 7.82 Å². The highest BCUT2D eigenvalue weighted by atomic mass is 31.2. The summed E-state index contributed by atoms with van der Waals surface area (Å²) in [6, 6.07) is 3.48. The van der Waals surface area contributed by atoms with Crippen molar-refractivity contribution in [3.05, 3.63) is 42.2 Å². The van der Waals surface area contributed by atoms with Crippen LogP contribution in [0.15, 0.2) is 30.9 Å². The lowest BCUT2D eigenvalue weighted by molar-refractivity contribution is -0.0641. The third-order valence-corrected chi connectivity index (χ3v) is 6.16. The lowest BCUT2D eigenvalue weighted by Crippen LogP contribution is -2.34. The molecule has 2 aliphatic heterocycles. The zero-order chi connectivity index (χ0) is 21.3. The largest absolute Gasteiger partial charge is 0.475 e. The highest BCUT2D eigenvalue weighted by Gasteiger charge is 2.46. The van der Waals surface area contributed by atoms with Crippen molar-refractivity contribution < 1.29 is 37.9 Å². The van der Waals surface area contributed by atoms with E-state index >= 15 is 0 Å². The zero-order valence-electron chi connectivity index (χ0n) is 15.6. The molecular formula is C16H20N5O8P. The van der Waals surface area contributed by atoms with Crippen molar-refractivity contribution in [1.82, 2.24) is 19.7 Å². The molecule has 0 bridgehead atoms. The molecule has 0 aromatic carbocycles. The molecule has 4 rings (SSSR count). The number of carbonyl (C=O) groups excluding carboxylic acids is 1. The number of primary amides is 1. The zero-order valence-corrected chi connectivity index (χ0v) is 16.4. The Morgan fingerprint density at radius 1 is 1.33 bits per heavy atom. The lowest BCUT2D eigenvalue weighted by atomic mass is 10.1. The van der Waals surface area contributed by atoms with Gasteiger partial charge in [0.1, 0.15) is 24.6 Å². The summed E-state index contributed by atoms with van der Waals surface area (Å²) in [6.07, 6.45) is -0.686. The standard InChI is InChI=1S/C16H20N5O8P/c17-14(24)15-19-8-21(20-15)16-13(23)12(22)11(28-16)7-27-30(25)26-6-3-10(29-30)9-1-4-18-5-2-9/h1-2,4-5,8,10-13,16,22-23H,3,6-7H2,(H2,17,24). The molecule has 6 atom stereocenters. The number of amides is 1. The number of aromatic nitrogens is 4. The Hall–Kier alpha value is -2.25. The number of aliphatic hydroxyl groups excluding tert-OH is 2. The summed E-state index contributed by atoms with van der Waals surface area (Å²) in [7, 11) is -3.92. The first-order chi connectivity index (χ1) is 14.4. The van der Waals surface area contributed by atoms with E-state index in [-0.39, 0.29) is 19.0 Å². The molecule has 0 radical (unpaired) electrons. The van der Waals surface area contributed by atoms with Crippen LogP contribution in [0.25, 0.3) is 0 Å². The fraction of sp³-hybridized carbons (Fsp3) is 0.500. The van der Waals surface area contributed by atoms with Gasteiger partial charge in [-0.2, -0.15) is 0 Å². The lowest BCUT2D eigenvalue weighted by Gasteiger charge is -2.29. The van der Waals surface area contributed by atoms with E-state index in [1.165, 1.54) is 0 Å². The number of aliphatic hydroxyl groups is 2. The molecule has 2 aromatic heterocycles. The number of hydrogen-bond acceptors (Lipinski definition) is 11. The minimum atomic E-state index is -3.92. The summed E-state index contributed by atoms with van der Waals surface area (Å²) in [5, 5.41) is 24.3. The van der Waals surface area contributed by atoms with E-state index in [1.54, 1.807) is 24.5 Å². The fourth-order valence-electron chi connectivity index (χ4n) is 3.14. The van der Waals surface area contributed by atoms with Crippen LogP contribution in [0.5, 0.6) is 0 Å². The van der Waals surface area contributed by atoms with Crippen molar-refractivity contribution in [2.45, 2.75) is 37.1 Å². The van der Waals surface area contributed by atoms with E-state index in [2.05, 4.69) is 15.1 Å². The Morgan fingerprint density at radius 2 is 2.10 bits per heavy atom. The average Bonchev–Trinajstić information content (AvgIpc) is 3.33. The van der Waals surface area contributed by atoms with Gasteiger partial charge in [-0.25, -0.2) is 14.2 Å². The Kier molecular flexibility index (Phi) is 5.93. The van der Waals surface area contributed by atoms with Gasteiger partial charge < -0.3 is 20.7 Å². The summed E-state index contributed by atoms with van der Waals surface area (Å²) >= 11 is 0. The van der Waals surface area contributed by atoms with Crippen LogP contribution in [-0.2, 0) is 22.9 Å². The van der Waals surface area contributed by atoms with Crippen LogP contribution < -0.4 is 5.73 Å². The molecule has 0 aliphatic carbocycles. The monoisotopic (exact) mass is 441 g/mol. The Balaban J connectivity index is 1.39. The van der Waals surface area contributed by atoms with E-state index in [9.17, 15) is 19.6 Å². The highest BCUT2D eigenvalue weighted by molar-refractivity contribution is 7.48. The molecule has 2 aromatic rings. The van der Waals surface area contributed by atoms with Gasteiger partial charge >= 0.3 is 7.82 Å². The number of nitrogens with zero attached hydrogens (tertiary/aromatic N) is 4. The molecule has 6 unspecified atom stereocenters. The molecular weight excluding hydrogens is 421 g/mol. The molecule has 4 heterocycles. The van der Waals surface area contributed by atoms with Gasteiger partial charge in [0.05, 0.1) is 19.3 Å². The highest BCUT2D eigenvalue weighted by Crippen LogP contribution is 2.57. The number of hydrogen-bond donors (Lipinski definition) is 3. The SMILES string of the molecule is NC(=O)c1ncn(C2OC(COP3(=O)OCCC(c4ccncc4)O3)C(O)C2O)n1. The molecule has 4 N–H and O–H groups in total. The first-order valence-corrected chi connectivity index (χ1v) is 10.5. The van der Waals surface area contributed by atoms with Crippen molar-refractivity contribution >= 4 is 13.7 Å². The quantitative estimate of drug-likeness (QED) is 0.500. The van der Waals surface area contributed by atoms with Crippen LogP contribution in [0, 0.1) is 0 Å². The van der Waals surface area contributed by atoms with Crippen molar-refractivity contribution in [3.8, 4) is 0 Å². The normalized spacial score (nSPS) is 34.1. The molecule has 2 fully saturated rings. The molecule has 30 heavy (non-hydrogen) atoms. The Morgan fingerprint density at radius 3 is 2.80 bits per heavy atom. The van der Waals surface area contributed by atoms with E-state index in [4.69, 9.17) is 24.0 Å². The average molecular weight is 441 g/mol. The van der Waals surface area contributed by atoms with Gasteiger partial charge in [0.2, 0.25) is 5.82 Å². The summed E-state index contributed by atoms with van der Waals surface area (Å²) in [6.45, 7) is -0.231. The summed E-state index contributed by atoms with van der Waals surface area (Å²) in [4.78, 5) is 18.8. The predicted molar refractivity (Wildman–Crippen MR) is 96.7 cm³/mol. The maximum Gasteiger partial charge on any atom is 0.475 e. The van der Waals surface area contributed by atoms with Crippen molar-refractivity contribution in [2.24, 2.45) is 5.73 Å². The van der Waals surface area contributed by atoms with Crippen LogP contribution in [0.2, 0.25) is 0 Å². The van der Waals surface area contributed by atoms with Crippen LogP contribution in [-0.4, -0.2) is 67.4 Å². The molecule has 162 valence electrons. The Labute approximate surface area is 170 Å². The smallest absolute Gasteiger partial charge is 0.387 e. The van der Waals surface area contributed by atoms with Gasteiger partial charge in [-0.1, -0.05) is 0 Å². The number of carbonyl (C=O) groups is 1. The number of phosphoric ester groups is 1. The first-order valence-electron chi connectivity index (χ1n) is 9.06. The molecule has 0 saturated carbocycles. The van der Waals surface area contributed by atoms with E-state index < -0.39 is 44.4 Å². The van der Waals surface area contributed by atoms with E-state index in [1.807, 2.05) is 0 Å². The van der Waals surface area contributed by atoms with E-state index in [0.29, 0.717) is 6.42 Å².